The Morgan fingerprint density at radius 1 is 1.16 bits per heavy atom. The van der Waals surface area contributed by atoms with Crippen LogP contribution in [0.5, 0.6) is 0 Å². The lowest BCUT2D eigenvalue weighted by Gasteiger charge is -2.21. The third kappa shape index (κ3) is 4.32. The van der Waals surface area contributed by atoms with E-state index >= 15 is 0 Å². The van der Waals surface area contributed by atoms with Crippen LogP contribution < -0.4 is 5.32 Å². The third-order valence-corrected chi connectivity index (χ3v) is 4.44. The SMILES string of the molecule is CCC(CCCN1CCc2ccccc2CC1)NC. The number of rotatable bonds is 6. The summed E-state index contributed by atoms with van der Waals surface area (Å²) < 4.78 is 0. The monoisotopic (exact) mass is 260 g/mol. The van der Waals surface area contributed by atoms with Crippen molar-refractivity contribution in [3.8, 4) is 0 Å². The summed E-state index contributed by atoms with van der Waals surface area (Å²) in [6.07, 6.45) is 6.30. The molecule has 0 saturated heterocycles. The molecule has 0 saturated carbocycles. The van der Waals surface area contributed by atoms with E-state index < -0.39 is 0 Å². The van der Waals surface area contributed by atoms with Crippen molar-refractivity contribution in [2.45, 2.75) is 45.1 Å². The molecule has 0 aliphatic carbocycles. The van der Waals surface area contributed by atoms with E-state index in [0.717, 1.165) is 0 Å². The van der Waals surface area contributed by atoms with Crippen molar-refractivity contribution in [1.29, 1.82) is 0 Å². The van der Waals surface area contributed by atoms with Crippen molar-refractivity contribution in [2.24, 2.45) is 0 Å². The Labute approximate surface area is 118 Å². The molecule has 0 amide bonds. The lowest BCUT2D eigenvalue weighted by Crippen LogP contribution is -2.30. The summed E-state index contributed by atoms with van der Waals surface area (Å²) in [5.41, 5.74) is 3.12. The number of nitrogens with one attached hydrogen (secondary N) is 1. The lowest BCUT2D eigenvalue weighted by atomic mass is 10.0. The predicted octanol–water partition coefficient (Wildman–Crippen LogP) is 2.87. The molecule has 1 unspecified atom stereocenters. The lowest BCUT2D eigenvalue weighted by molar-refractivity contribution is 0.275. The fourth-order valence-electron chi connectivity index (χ4n) is 3.05. The fraction of sp³-hybridized carbons (Fsp3) is 0.647. The molecule has 0 radical (unpaired) electrons. The number of hydrogen-bond donors (Lipinski definition) is 1. The van der Waals surface area contributed by atoms with Gasteiger partial charge < -0.3 is 10.2 Å². The average Bonchev–Trinajstić information content (AvgIpc) is 2.66. The molecule has 0 spiro atoms. The third-order valence-electron chi connectivity index (χ3n) is 4.44. The van der Waals surface area contributed by atoms with Gasteiger partial charge in [-0.25, -0.2) is 0 Å². The second kappa shape index (κ2) is 7.66. The van der Waals surface area contributed by atoms with Gasteiger partial charge in [-0.1, -0.05) is 31.2 Å². The minimum Gasteiger partial charge on any atom is -0.317 e. The van der Waals surface area contributed by atoms with Gasteiger partial charge in [0, 0.05) is 19.1 Å². The molecule has 1 aromatic carbocycles. The van der Waals surface area contributed by atoms with Crippen molar-refractivity contribution in [2.75, 3.05) is 26.7 Å². The van der Waals surface area contributed by atoms with E-state index in [4.69, 9.17) is 0 Å². The van der Waals surface area contributed by atoms with Crippen LogP contribution in [0.4, 0.5) is 0 Å². The van der Waals surface area contributed by atoms with Crippen LogP contribution in [0.3, 0.4) is 0 Å². The maximum atomic E-state index is 3.40. The van der Waals surface area contributed by atoms with Crippen molar-refractivity contribution in [3.63, 3.8) is 0 Å². The molecule has 2 heteroatoms. The molecule has 1 N–H and O–H groups in total. The average molecular weight is 260 g/mol. The Hall–Kier alpha value is -0.860. The largest absolute Gasteiger partial charge is 0.317 e. The van der Waals surface area contributed by atoms with Crippen LogP contribution in [0.2, 0.25) is 0 Å². The van der Waals surface area contributed by atoms with Gasteiger partial charge in [0.1, 0.15) is 0 Å². The first-order valence-electron chi connectivity index (χ1n) is 7.80. The maximum Gasteiger partial charge on any atom is 0.00619 e. The summed E-state index contributed by atoms with van der Waals surface area (Å²) in [4.78, 5) is 2.64. The molecule has 2 rings (SSSR count). The van der Waals surface area contributed by atoms with Gasteiger partial charge in [0.15, 0.2) is 0 Å². The summed E-state index contributed by atoms with van der Waals surface area (Å²) in [5, 5.41) is 3.40. The van der Waals surface area contributed by atoms with E-state index in [1.54, 1.807) is 11.1 Å². The van der Waals surface area contributed by atoms with Gasteiger partial charge in [0.05, 0.1) is 0 Å². The normalized spacial score (nSPS) is 17.8. The van der Waals surface area contributed by atoms with Gasteiger partial charge in [-0.15, -0.1) is 0 Å². The summed E-state index contributed by atoms with van der Waals surface area (Å²) in [7, 11) is 2.08. The van der Waals surface area contributed by atoms with Crippen LogP contribution in [0.1, 0.15) is 37.3 Å². The number of fused-ring (bicyclic) bond motifs is 1. The molecule has 1 aliphatic rings. The van der Waals surface area contributed by atoms with E-state index in [0.29, 0.717) is 6.04 Å². The number of hydrogen-bond acceptors (Lipinski definition) is 2. The number of nitrogens with zero attached hydrogens (tertiary/aromatic N) is 1. The van der Waals surface area contributed by atoms with E-state index in [-0.39, 0.29) is 0 Å². The first-order valence-corrected chi connectivity index (χ1v) is 7.80. The molecule has 106 valence electrons. The second-order valence-electron chi connectivity index (χ2n) is 5.65. The summed E-state index contributed by atoms with van der Waals surface area (Å²) >= 11 is 0. The smallest absolute Gasteiger partial charge is 0.00619 e. The standard InChI is InChI=1S/C17H28N2/c1-3-17(18-2)9-6-12-19-13-10-15-7-4-5-8-16(15)11-14-19/h4-5,7-8,17-18H,3,6,9-14H2,1-2H3. The van der Waals surface area contributed by atoms with Crippen molar-refractivity contribution < 1.29 is 0 Å². The maximum absolute atomic E-state index is 3.40. The minimum absolute atomic E-state index is 0.698. The topological polar surface area (TPSA) is 15.3 Å². The second-order valence-corrected chi connectivity index (χ2v) is 5.65. The molecule has 1 atom stereocenters. The van der Waals surface area contributed by atoms with Crippen LogP contribution >= 0.6 is 0 Å². The molecule has 0 fully saturated rings. The molecule has 0 aromatic heterocycles. The fourth-order valence-corrected chi connectivity index (χ4v) is 3.05. The molecular formula is C17H28N2. The highest BCUT2D eigenvalue weighted by Gasteiger charge is 2.13. The molecule has 1 heterocycles. The van der Waals surface area contributed by atoms with Gasteiger partial charge in [-0.3, -0.25) is 0 Å². The van der Waals surface area contributed by atoms with Gasteiger partial charge in [0.25, 0.3) is 0 Å². The zero-order valence-corrected chi connectivity index (χ0v) is 12.5. The van der Waals surface area contributed by atoms with Gasteiger partial charge in [0.2, 0.25) is 0 Å². The Bertz CT molecular complexity index is 344. The van der Waals surface area contributed by atoms with Crippen LogP contribution in [0.15, 0.2) is 24.3 Å². The summed E-state index contributed by atoms with van der Waals surface area (Å²) in [6, 6.07) is 9.64. The zero-order valence-electron chi connectivity index (χ0n) is 12.5. The van der Waals surface area contributed by atoms with Crippen molar-refractivity contribution in [1.82, 2.24) is 10.2 Å². The van der Waals surface area contributed by atoms with Crippen LogP contribution in [-0.2, 0) is 12.8 Å². The quantitative estimate of drug-likeness (QED) is 0.846. The summed E-state index contributed by atoms with van der Waals surface area (Å²) in [5.74, 6) is 0. The first-order chi connectivity index (χ1) is 9.33. The van der Waals surface area contributed by atoms with Crippen LogP contribution in [0, 0.1) is 0 Å². The molecule has 1 aromatic rings. The Balaban J connectivity index is 1.76. The Morgan fingerprint density at radius 3 is 2.32 bits per heavy atom. The highest BCUT2D eigenvalue weighted by Crippen LogP contribution is 2.16. The predicted molar refractivity (Wildman–Crippen MR) is 82.7 cm³/mol. The van der Waals surface area contributed by atoms with Gasteiger partial charge in [-0.05, 0) is 56.8 Å². The Morgan fingerprint density at radius 2 is 1.79 bits per heavy atom. The van der Waals surface area contributed by atoms with E-state index in [2.05, 4.69) is 48.5 Å². The highest BCUT2D eigenvalue weighted by molar-refractivity contribution is 5.28. The summed E-state index contributed by atoms with van der Waals surface area (Å²) in [6.45, 7) is 5.98. The van der Waals surface area contributed by atoms with Crippen LogP contribution in [0.25, 0.3) is 0 Å². The molecule has 0 bridgehead atoms. The molecular weight excluding hydrogens is 232 g/mol. The van der Waals surface area contributed by atoms with Gasteiger partial charge in [-0.2, -0.15) is 0 Å². The minimum atomic E-state index is 0.698. The molecule has 1 aliphatic heterocycles. The molecule has 2 nitrogen and oxygen atoms in total. The van der Waals surface area contributed by atoms with E-state index in [1.807, 2.05) is 0 Å². The number of benzene rings is 1. The zero-order chi connectivity index (χ0) is 13.5. The Kier molecular flexibility index (Phi) is 5.87. The highest BCUT2D eigenvalue weighted by atomic mass is 15.1. The van der Waals surface area contributed by atoms with Crippen molar-refractivity contribution in [3.05, 3.63) is 35.4 Å². The molecule has 19 heavy (non-hydrogen) atoms. The van der Waals surface area contributed by atoms with Crippen LogP contribution in [-0.4, -0.2) is 37.6 Å². The van der Waals surface area contributed by atoms with E-state index in [9.17, 15) is 0 Å². The van der Waals surface area contributed by atoms with Gasteiger partial charge >= 0.3 is 0 Å². The first kappa shape index (κ1) is 14.5. The van der Waals surface area contributed by atoms with Crippen molar-refractivity contribution >= 4 is 0 Å². The van der Waals surface area contributed by atoms with E-state index in [1.165, 1.54) is 51.7 Å².